The molecule has 3 atom stereocenters. The summed E-state index contributed by atoms with van der Waals surface area (Å²) in [6, 6.07) is 16.4. The Balaban J connectivity index is 1.98. The molecule has 188 valence electrons. The minimum Gasteiger partial charge on any atom is -0.491 e. The molecule has 0 saturated carbocycles. The first-order valence-electron chi connectivity index (χ1n) is 12.0. The van der Waals surface area contributed by atoms with Crippen molar-refractivity contribution in [2.24, 2.45) is 5.92 Å². The molecule has 0 radical (unpaired) electrons. The topological polar surface area (TPSA) is 85.3 Å². The van der Waals surface area contributed by atoms with E-state index in [2.05, 4.69) is 0 Å². The molecule has 0 saturated heterocycles. The molecule has 35 heavy (non-hydrogen) atoms. The van der Waals surface area contributed by atoms with E-state index in [4.69, 9.17) is 19.3 Å². The lowest BCUT2D eigenvalue weighted by Gasteiger charge is -2.37. The predicted octanol–water partition coefficient (Wildman–Crippen LogP) is 4.06. The SMILES string of the molecule is COCC1C(c2ccccc2)OC(=O)C(C)CC=CCCC(=O)N1Cc1ccc(OCCO)cc1. The number of hydrogen-bond donors (Lipinski definition) is 1. The highest BCUT2D eigenvalue weighted by molar-refractivity contribution is 5.77. The lowest BCUT2D eigenvalue weighted by Crippen LogP contribution is -2.47. The molecule has 0 bridgehead atoms. The van der Waals surface area contributed by atoms with Crippen LogP contribution >= 0.6 is 0 Å². The number of rotatable bonds is 8. The third kappa shape index (κ3) is 7.67. The van der Waals surface area contributed by atoms with Crippen molar-refractivity contribution in [3.8, 4) is 5.75 Å². The van der Waals surface area contributed by atoms with Gasteiger partial charge in [-0.1, -0.05) is 61.5 Å². The van der Waals surface area contributed by atoms with Gasteiger partial charge in [-0.15, -0.1) is 0 Å². The maximum absolute atomic E-state index is 13.5. The zero-order chi connectivity index (χ0) is 25.0. The van der Waals surface area contributed by atoms with Gasteiger partial charge in [-0.05, 0) is 36.1 Å². The Morgan fingerprint density at radius 2 is 1.80 bits per heavy atom. The number of carbonyl (C=O) groups excluding carboxylic acids is 2. The molecule has 0 fully saturated rings. The van der Waals surface area contributed by atoms with E-state index in [1.807, 2.05) is 73.7 Å². The molecule has 2 aromatic rings. The summed E-state index contributed by atoms with van der Waals surface area (Å²) < 4.78 is 17.1. The van der Waals surface area contributed by atoms with Crippen LogP contribution in [0.1, 0.15) is 43.4 Å². The maximum Gasteiger partial charge on any atom is 0.309 e. The fourth-order valence-electron chi connectivity index (χ4n) is 4.07. The summed E-state index contributed by atoms with van der Waals surface area (Å²) >= 11 is 0. The van der Waals surface area contributed by atoms with Gasteiger partial charge in [0.2, 0.25) is 5.91 Å². The van der Waals surface area contributed by atoms with Crippen LogP contribution in [0.5, 0.6) is 5.75 Å². The second-order valence-corrected chi connectivity index (χ2v) is 8.68. The monoisotopic (exact) mass is 481 g/mol. The molecule has 1 N–H and O–H groups in total. The number of aliphatic hydroxyl groups is 1. The number of cyclic esters (lactones) is 1. The Labute approximate surface area is 207 Å². The van der Waals surface area contributed by atoms with Gasteiger partial charge in [0, 0.05) is 20.1 Å². The zero-order valence-corrected chi connectivity index (χ0v) is 20.5. The second kappa shape index (κ2) is 13.7. The smallest absolute Gasteiger partial charge is 0.309 e. The van der Waals surface area contributed by atoms with Crippen LogP contribution in [0.15, 0.2) is 66.7 Å². The number of ether oxygens (including phenoxy) is 3. The van der Waals surface area contributed by atoms with E-state index in [0.717, 1.165) is 11.1 Å². The summed E-state index contributed by atoms with van der Waals surface area (Å²) in [7, 11) is 1.58. The van der Waals surface area contributed by atoms with Crippen molar-refractivity contribution in [1.29, 1.82) is 0 Å². The number of methoxy groups -OCH3 is 1. The lowest BCUT2D eigenvalue weighted by molar-refractivity contribution is -0.163. The molecule has 3 unspecified atom stereocenters. The van der Waals surface area contributed by atoms with Crippen molar-refractivity contribution in [2.45, 2.75) is 44.9 Å². The molecule has 7 heteroatoms. The Morgan fingerprint density at radius 1 is 1.06 bits per heavy atom. The second-order valence-electron chi connectivity index (χ2n) is 8.68. The minimum atomic E-state index is -0.675. The van der Waals surface area contributed by atoms with Crippen LogP contribution < -0.4 is 4.74 Å². The Morgan fingerprint density at radius 3 is 2.49 bits per heavy atom. The van der Waals surface area contributed by atoms with Crippen LogP contribution in [0, 0.1) is 5.92 Å². The number of allylic oxidation sites excluding steroid dienone is 2. The number of esters is 1. The standard InChI is InChI=1S/C28H35NO6/c1-21-9-5-3-8-12-26(31)29(19-22-13-15-24(16-14-22)34-18-17-30)25(20-33-2)27(35-28(21)32)23-10-6-4-7-11-23/h3-7,10-11,13-16,21,25,27,30H,8-9,12,17-20H2,1-2H3. The first-order valence-corrected chi connectivity index (χ1v) is 12.0. The number of aliphatic hydroxyl groups excluding tert-OH is 1. The van der Waals surface area contributed by atoms with Gasteiger partial charge in [0.25, 0.3) is 0 Å². The first-order chi connectivity index (χ1) is 17.0. The summed E-state index contributed by atoms with van der Waals surface area (Å²) in [5.74, 6) is 0.00745. The van der Waals surface area contributed by atoms with Crippen LogP contribution in [0.25, 0.3) is 0 Å². The van der Waals surface area contributed by atoms with E-state index in [9.17, 15) is 9.59 Å². The fourth-order valence-corrected chi connectivity index (χ4v) is 4.07. The van der Waals surface area contributed by atoms with Gasteiger partial charge < -0.3 is 24.2 Å². The van der Waals surface area contributed by atoms with E-state index in [-0.39, 0.29) is 37.6 Å². The highest BCUT2D eigenvalue weighted by atomic mass is 16.5. The highest BCUT2D eigenvalue weighted by Crippen LogP contribution is 2.30. The van der Waals surface area contributed by atoms with Crippen LogP contribution in [-0.2, 0) is 25.6 Å². The Kier molecular flexibility index (Phi) is 10.3. The third-order valence-electron chi connectivity index (χ3n) is 6.00. The van der Waals surface area contributed by atoms with E-state index in [1.54, 1.807) is 12.0 Å². The van der Waals surface area contributed by atoms with Crippen LogP contribution in [-0.4, -0.2) is 54.9 Å². The molecule has 7 nitrogen and oxygen atoms in total. The summed E-state index contributed by atoms with van der Waals surface area (Å²) in [4.78, 5) is 28.3. The number of nitrogens with zero attached hydrogens (tertiary/aromatic N) is 1. The van der Waals surface area contributed by atoms with E-state index >= 15 is 0 Å². The fraction of sp³-hybridized carbons (Fsp3) is 0.429. The number of benzene rings is 2. The van der Waals surface area contributed by atoms with E-state index < -0.39 is 12.1 Å². The van der Waals surface area contributed by atoms with Crippen molar-refractivity contribution in [2.75, 3.05) is 26.9 Å². The summed E-state index contributed by atoms with van der Waals surface area (Å²) in [6.07, 6.45) is 4.73. The molecule has 0 aromatic heterocycles. The number of amides is 1. The number of hydrogen-bond acceptors (Lipinski definition) is 6. The van der Waals surface area contributed by atoms with Crippen molar-refractivity contribution in [3.63, 3.8) is 0 Å². The molecule has 1 amide bonds. The Hall–Kier alpha value is -3.16. The van der Waals surface area contributed by atoms with Gasteiger partial charge in [-0.3, -0.25) is 9.59 Å². The van der Waals surface area contributed by atoms with Crippen molar-refractivity contribution >= 4 is 11.9 Å². The molecule has 1 heterocycles. The Bertz CT molecular complexity index is 959. The third-order valence-corrected chi connectivity index (χ3v) is 6.00. The lowest BCUT2D eigenvalue weighted by atomic mass is 9.98. The van der Waals surface area contributed by atoms with Gasteiger partial charge in [0.1, 0.15) is 18.5 Å². The minimum absolute atomic E-state index is 0.0390. The highest BCUT2D eigenvalue weighted by Gasteiger charge is 2.35. The van der Waals surface area contributed by atoms with Crippen molar-refractivity contribution < 1.29 is 28.9 Å². The normalized spacial score (nSPS) is 21.7. The van der Waals surface area contributed by atoms with Gasteiger partial charge in [0.15, 0.2) is 0 Å². The summed E-state index contributed by atoms with van der Waals surface area (Å²) in [6.45, 7) is 2.55. The van der Waals surface area contributed by atoms with Gasteiger partial charge in [0.05, 0.1) is 25.2 Å². The quantitative estimate of drug-likeness (QED) is 0.452. The molecule has 0 spiro atoms. The maximum atomic E-state index is 13.5. The molecule has 0 aliphatic carbocycles. The van der Waals surface area contributed by atoms with Crippen LogP contribution in [0.3, 0.4) is 0 Å². The van der Waals surface area contributed by atoms with Gasteiger partial charge in [-0.2, -0.15) is 0 Å². The molecular formula is C28H35NO6. The molecular weight excluding hydrogens is 446 g/mol. The molecule has 1 aliphatic heterocycles. The average molecular weight is 482 g/mol. The van der Waals surface area contributed by atoms with E-state index in [1.165, 1.54) is 0 Å². The summed E-state index contributed by atoms with van der Waals surface area (Å²) in [5, 5.41) is 8.97. The van der Waals surface area contributed by atoms with Gasteiger partial charge in [-0.25, -0.2) is 0 Å². The van der Waals surface area contributed by atoms with Crippen LogP contribution in [0.2, 0.25) is 0 Å². The number of carbonyl (C=O) groups is 2. The zero-order valence-electron chi connectivity index (χ0n) is 20.5. The molecule has 1 aliphatic rings. The predicted molar refractivity (Wildman–Crippen MR) is 133 cm³/mol. The van der Waals surface area contributed by atoms with Crippen molar-refractivity contribution in [1.82, 2.24) is 4.90 Å². The summed E-state index contributed by atoms with van der Waals surface area (Å²) in [5.41, 5.74) is 1.72. The largest absolute Gasteiger partial charge is 0.491 e. The van der Waals surface area contributed by atoms with Gasteiger partial charge >= 0.3 is 5.97 Å². The van der Waals surface area contributed by atoms with E-state index in [0.29, 0.717) is 31.6 Å². The van der Waals surface area contributed by atoms with Crippen LogP contribution in [0.4, 0.5) is 0 Å². The molecule has 3 rings (SSSR count). The van der Waals surface area contributed by atoms with Crippen molar-refractivity contribution in [3.05, 3.63) is 77.9 Å². The first kappa shape index (κ1) is 26.4. The molecule has 2 aromatic carbocycles. The average Bonchev–Trinajstić information content (AvgIpc) is 2.88.